The van der Waals surface area contributed by atoms with Crippen LogP contribution < -0.4 is 15.2 Å². The number of hydrogen-bond donors (Lipinski definition) is 1. The maximum atomic E-state index is 10.7. The molecule has 2 aromatic rings. The quantitative estimate of drug-likeness (QED) is 0.652. The highest BCUT2D eigenvalue weighted by Gasteiger charge is 2.08. The van der Waals surface area contributed by atoms with Gasteiger partial charge in [-0.3, -0.25) is 10.1 Å². The molecule has 6 nitrogen and oxygen atoms in total. The normalized spacial score (nSPS) is 10.2. The van der Waals surface area contributed by atoms with Crippen LogP contribution in [0.4, 0.5) is 5.69 Å². The van der Waals surface area contributed by atoms with E-state index in [2.05, 4.69) is 0 Å². The molecule has 0 saturated carbocycles. The molecule has 0 aliphatic rings. The summed E-state index contributed by atoms with van der Waals surface area (Å²) in [6, 6.07) is 11.7. The van der Waals surface area contributed by atoms with Gasteiger partial charge in [-0.25, -0.2) is 0 Å². The molecule has 0 aliphatic carbocycles. The molecule has 0 bridgehead atoms. The van der Waals surface area contributed by atoms with Crippen molar-refractivity contribution in [3.05, 3.63) is 63.7 Å². The number of benzene rings is 2. The summed E-state index contributed by atoms with van der Waals surface area (Å²) in [6.07, 6.45) is 0. The fraction of sp³-hybridized carbons (Fsp3) is 0.200. The first-order valence-electron chi connectivity index (χ1n) is 6.37. The molecule has 0 spiro atoms. The summed E-state index contributed by atoms with van der Waals surface area (Å²) in [6.45, 7) is 0.558. The van der Waals surface area contributed by atoms with E-state index in [1.54, 1.807) is 31.4 Å². The Morgan fingerprint density at radius 3 is 2.71 bits per heavy atom. The molecule has 0 radical (unpaired) electrons. The van der Waals surface area contributed by atoms with Gasteiger partial charge in [-0.15, -0.1) is 0 Å². The lowest BCUT2D eigenvalue weighted by atomic mass is 10.2. The Morgan fingerprint density at radius 1 is 1.24 bits per heavy atom. The van der Waals surface area contributed by atoms with Crippen molar-refractivity contribution in [3.8, 4) is 11.5 Å². The minimum absolute atomic E-state index is 0.0462. The van der Waals surface area contributed by atoms with Gasteiger partial charge in [0.05, 0.1) is 12.0 Å². The Balaban J connectivity index is 2.12. The Morgan fingerprint density at radius 2 is 2.05 bits per heavy atom. The van der Waals surface area contributed by atoms with Gasteiger partial charge >= 0.3 is 0 Å². The van der Waals surface area contributed by atoms with Crippen LogP contribution in [-0.2, 0) is 13.2 Å². The van der Waals surface area contributed by atoms with E-state index >= 15 is 0 Å². The number of ether oxygens (including phenoxy) is 2. The van der Waals surface area contributed by atoms with Gasteiger partial charge in [-0.1, -0.05) is 12.1 Å². The first-order valence-corrected chi connectivity index (χ1v) is 6.37. The first-order chi connectivity index (χ1) is 10.1. The molecule has 0 saturated heterocycles. The third-order valence-corrected chi connectivity index (χ3v) is 3.00. The van der Waals surface area contributed by atoms with Crippen LogP contribution in [0, 0.1) is 10.1 Å². The summed E-state index contributed by atoms with van der Waals surface area (Å²) >= 11 is 0. The number of nitro groups is 1. The standard InChI is InChI=1S/C15H16N2O4/c1-20-14-5-6-15(12(8-14)9-16)21-10-11-3-2-4-13(7-11)17(18)19/h2-8H,9-10,16H2,1H3. The van der Waals surface area contributed by atoms with E-state index in [4.69, 9.17) is 15.2 Å². The fourth-order valence-electron chi connectivity index (χ4n) is 1.90. The molecule has 21 heavy (non-hydrogen) atoms. The van der Waals surface area contributed by atoms with Crippen molar-refractivity contribution in [1.29, 1.82) is 0 Å². The zero-order chi connectivity index (χ0) is 15.2. The monoisotopic (exact) mass is 288 g/mol. The van der Waals surface area contributed by atoms with Crippen LogP contribution in [0.15, 0.2) is 42.5 Å². The third kappa shape index (κ3) is 3.70. The van der Waals surface area contributed by atoms with Gasteiger partial charge in [0, 0.05) is 24.2 Å². The summed E-state index contributed by atoms with van der Waals surface area (Å²) in [7, 11) is 1.58. The SMILES string of the molecule is COc1ccc(OCc2cccc([N+](=O)[O-])c2)c(CN)c1. The summed E-state index contributed by atoms with van der Waals surface area (Å²) in [5.41, 5.74) is 7.27. The number of nitro benzene ring substituents is 1. The Kier molecular flexibility index (Phi) is 4.73. The van der Waals surface area contributed by atoms with Crippen LogP contribution in [0.1, 0.15) is 11.1 Å². The van der Waals surface area contributed by atoms with Crippen molar-refractivity contribution < 1.29 is 14.4 Å². The largest absolute Gasteiger partial charge is 0.497 e. The molecule has 2 N–H and O–H groups in total. The van der Waals surface area contributed by atoms with E-state index in [1.165, 1.54) is 12.1 Å². The molecule has 0 unspecified atom stereocenters. The highest BCUT2D eigenvalue weighted by Crippen LogP contribution is 2.25. The molecule has 0 fully saturated rings. The highest BCUT2D eigenvalue weighted by molar-refractivity contribution is 5.40. The molecule has 0 amide bonds. The maximum absolute atomic E-state index is 10.7. The minimum Gasteiger partial charge on any atom is -0.497 e. The number of methoxy groups -OCH3 is 1. The third-order valence-electron chi connectivity index (χ3n) is 3.00. The summed E-state index contributed by atoms with van der Waals surface area (Å²) in [5, 5.41) is 10.7. The zero-order valence-corrected chi connectivity index (χ0v) is 11.6. The van der Waals surface area contributed by atoms with E-state index < -0.39 is 4.92 Å². The topological polar surface area (TPSA) is 87.6 Å². The van der Waals surface area contributed by atoms with Gasteiger partial charge in [0.2, 0.25) is 0 Å². The molecule has 2 aromatic carbocycles. The highest BCUT2D eigenvalue weighted by atomic mass is 16.6. The second kappa shape index (κ2) is 6.71. The minimum atomic E-state index is -0.428. The van der Waals surface area contributed by atoms with Crippen LogP contribution in [0.5, 0.6) is 11.5 Å². The predicted molar refractivity (Wildman–Crippen MR) is 78.3 cm³/mol. The summed E-state index contributed by atoms with van der Waals surface area (Å²) in [5.74, 6) is 1.35. The number of nitrogens with zero attached hydrogens (tertiary/aromatic N) is 1. The van der Waals surface area contributed by atoms with Gasteiger partial charge < -0.3 is 15.2 Å². The number of hydrogen-bond acceptors (Lipinski definition) is 5. The van der Waals surface area contributed by atoms with E-state index in [0.29, 0.717) is 18.0 Å². The van der Waals surface area contributed by atoms with E-state index in [1.807, 2.05) is 6.07 Å². The first kappa shape index (κ1) is 14.8. The molecular weight excluding hydrogens is 272 g/mol. The smallest absolute Gasteiger partial charge is 0.269 e. The lowest BCUT2D eigenvalue weighted by Crippen LogP contribution is -2.03. The Labute approximate surface area is 122 Å². The van der Waals surface area contributed by atoms with Crippen molar-refractivity contribution in [1.82, 2.24) is 0 Å². The van der Waals surface area contributed by atoms with Gasteiger partial charge in [0.25, 0.3) is 5.69 Å². The van der Waals surface area contributed by atoms with E-state index in [0.717, 1.165) is 11.1 Å². The molecule has 6 heteroatoms. The number of rotatable bonds is 6. The molecular formula is C15H16N2O4. The lowest BCUT2D eigenvalue weighted by Gasteiger charge is -2.11. The molecule has 0 atom stereocenters. The molecule has 2 rings (SSSR count). The molecule has 110 valence electrons. The molecule has 0 aliphatic heterocycles. The van der Waals surface area contributed by atoms with E-state index in [9.17, 15) is 10.1 Å². The summed E-state index contributed by atoms with van der Waals surface area (Å²) < 4.78 is 10.8. The van der Waals surface area contributed by atoms with Crippen molar-refractivity contribution in [2.45, 2.75) is 13.2 Å². The second-order valence-electron chi connectivity index (χ2n) is 4.39. The van der Waals surface area contributed by atoms with Crippen molar-refractivity contribution in [2.24, 2.45) is 5.73 Å². The van der Waals surface area contributed by atoms with Gasteiger partial charge in [-0.2, -0.15) is 0 Å². The van der Waals surface area contributed by atoms with Crippen LogP contribution in [-0.4, -0.2) is 12.0 Å². The second-order valence-corrected chi connectivity index (χ2v) is 4.39. The van der Waals surface area contributed by atoms with E-state index in [-0.39, 0.29) is 12.3 Å². The van der Waals surface area contributed by atoms with Crippen LogP contribution in [0.2, 0.25) is 0 Å². The predicted octanol–water partition coefficient (Wildman–Crippen LogP) is 2.64. The Bertz CT molecular complexity index is 643. The number of nitrogens with two attached hydrogens (primary N) is 1. The van der Waals surface area contributed by atoms with Crippen molar-refractivity contribution >= 4 is 5.69 Å². The average molecular weight is 288 g/mol. The number of non-ortho nitro benzene ring substituents is 1. The molecule has 0 heterocycles. The average Bonchev–Trinajstić information content (AvgIpc) is 2.53. The van der Waals surface area contributed by atoms with Crippen molar-refractivity contribution in [2.75, 3.05) is 7.11 Å². The van der Waals surface area contributed by atoms with Gasteiger partial charge in [0.15, 0.2) is 0 Å². The van der Waals surface area contributed by atoms with Gasteiger partial charge in [-0.05, 0) is 23.8 Å². The maximum Gasteiger partial charge on any atom is 0.269 e. The van der Waals surface area contributed by atoms with Crippen LogP contribution in [0.3, 0.4) is 0 Å². The zero-order valence-electron chi connectivity index (χ0n) is 11.6. The van der Waals surface area contributed by atoms with Crippen LogP contribution in [0.25, 0.3) is 0 Å². The molecule has 0 aromatic heterocycles. The van der Waals surface area contributed by atoms with Crippen molar-refractivity contribution in [3.63, 3.8) is 0 Å². The van der Waals surface area contributed by atoms with Crippen LogP contribution >= 0.6 is 0 Å². The van der Waals surface area contributed by atoms with Gasteiger partial charge in [0.1, 0.15) is 18.1 Å². The fourth-order valence-corrected chi connectivity index (χ4v) is 1.90. The summed E-state index contributed by atoms with van der Waals surface area (Å²) in [4.78, 5) is 10.3. The lowest BCUT2D eigenvalue weighted by molar-refractivity contribution is -0.384. The Hall–Kier alpha value is -2.60.